The predicted molar refractivity (Wildman–Crippen MR) is 121 cm³/mol. The van der Waals surface area contributed by atoms with Crippen molar-refractivity contribution < 1.29 is 32.5 Å². The molecule has 1 N–H and O–H groups in total. The summed E-state index contributed by atoms with van der Waals surface area (Å²) < 4.78 is 51.2. The first-order valence-corrected chi connectivity index (χ1v) is 11.1. The Balaban J connectivity index is 1.60. The standard InChI is InChI=1S/C25H26F3N3O4/c1-34-21-5-3-4-19(22(21)35-2)23(33)30-9-8-17-12-31(14-24(17,13-30)15-32)18-7-6-16(11-29)20(10-18)25(26,27)28/h3-7,10,17,32H,8-9,12-15H2,1-2H3/t17-,24+/m0/s1. The monoisotopic (exact) mass is 489 g/mol. The maximum Gasteiger partial charge on any atom is 0.417 e. The molecular weight excluding hydrogens is 463 g/mol. The molecule has 2 heterocycles. The van der Waals surface area contributed by atoms with Crippen molar-refractivity contribution in [3.05, 3.63) is 53.1 Å². The Hall–Kier alpha value is -3.45. The van der Waals surface area contributed by atoms with Crippen LogP contribution < -0.4 is 14.4 Å². The summed E-state index contributed by atoms with van der Waals surface area (Å²) in [5.41, 5.74) is -1.42. The Kier molecular flexibility index (Phi) is 6.56. The Morgan fingerprint density at radius 2 is 2.00 bits per heavy atom. The third kappa shape index (κ3) is 4.36. The molecule has 0 spiro atoms. The van der Waals surface area contributed by atoms with Crippen LogP contribution in [0, 0.1) is 22.7 Å². The highest BCUT2D eigenvalue weighted by Gasteiger charge is 2.51. The van der Waals surface area contributed by atoms with Crippen LogP contribution in [0.1, 0.15) is 27.9 Å². The number of hydrogen-bond acceptors (Lipinski definition) is 6. The molecule has 2 aliphatic rings. The van der Waals surface area contributed by atoms with Crippen LogP contribution >= 0.6 is 0 Å². The molecule has 4 rings (SSSR count). The molecule has 0 unspecified atom stereocenters. The van der Waals surface area contributed by atoms with Crippen molar-refractivity contribution in [1.82, 2.24) is 4.90 Å². The SMILES string of the molecule is COc1cccc(C(=O)N2CC[C@H]3CN(c4ccc(C#N)c(C(F)(F)F)c4)C[C@@]3(CO)C2)c1OC. The summed E-state index contributed by atoms with van der Waals surface area (Å²) in [5, 5.41) is 19.5. The maximum atomic E-state index is 13.5. The minimum absolute atomic E-state index is 0.00580. The number of piperidine rings is 1. The summed E-state index contributed by atoms with van der Waals surface area (Å²) in [5.74, 6) is 0.487. The quantitative estimate of drug-likeness (QED) is 0.692. The fraction of sp³-hybridized carbons (Fsp3) is 0.440. The number of nitrogens with zero attached hydrogens (tertiary/aromatic N) is 3. The number of carbonyl (C=O) groups excluding carboxylic acids is 1. The van der Waals surface area contributed by atoms with Crippen LogP contribution in [0.3, 0.4) is 0 Å². The molecule has 0 saturated carbocycles. The predicted octanol–water partition coefficient (Wildman–Crippen LogP) is 3.56. The van der Waals surface area contributed by atoms with E-state index in [4.69, 9.17) is 14.7 Å². The molecule has 2 aromatic rings. The van der Waals surface area contributed by atoms with E-state index in [1.165, 1.54) is 26.4 Å². The average Bonchev–Trinajstić information content (AvgIpc) is 3.26. The number of likely N-dealkylation sites (tertiary alicyclic amines) is 1. The third-order valence-electron chi connectivity index (χ3n) is 7.10. The van der Waals surface area contributed by atoms with Gasteiger partial charge in [-0.3, -0.25) is 4.79 Å². The summed E-state index contributed by atoms with van der Waals surface area (Å²) in [7, 11) is 2.94. The molecule has 2 aliphatic heterocycles. The minimum atomic E-state index is -4.65. The largest absolute Gasteiger partial charge is 0.493 e. The zero-order valence-corrected chi connectivity index (χ0v) is 19.4. The number of nitriles is 1. The van der Waals surface area contributed by atoms with Crippen LogP contribution in [-0.2, 0) is 6.18 Å². The van der Waals surface area contributed by atoms with Gasteiger partial charge in [0.2, 0.25) is 0 Å². The molecule has 0 radical (unpaired) electrons. The van der Waals surface area contributed by atoms with Crippen LogP contribution in [0.15, 0.2) is 36.4 Å². The number of aliphatic hydroxyl groups excluding tert-OH is 1. The van der Waals surface area contributed by atoms with E-state index in [2.05, 4.69) is 0 Å². The van der Waals surface area contributed by atoms with Gasteiger partial charge in [-0.05, 0) is 42.7 Å². The lowest BCUT2D eigenvalue weighted by Gasteiger charge is -2.43. The van der Waals surface area contributed by atoms with Gasteiger partial charge in [-0.15, -0.1) is 0 Å². The number of fused-ring (bicyclic) bond motifs is 1. The fourth-order valence-electron chi connectivity index (χ4n) is 5.27. The molecule has 0 bridgehead atoms. The first kappa shape index (κ1) is 24.7. The number of halogens is 3. The van der Waals surface area contributed by atoms with Gasteiger partial charge in [-0.1, -0.05) is 6.07 Å². The number of ether oxygens (including phenoxy) is 2. The number of carbonyl (C=O) groups is 1. The lowest BCUT2D eigenvalue weighted by Crippen LogP contribution is -2.52. The summed E-state index contributed by atoms with van der Waals surface area (Å²) in [6, 6.07) is 10.3. The second kappa shape index (κ2) is 9.30. The highest BCUT2D eigenvalue weighted by Crippen LogP contribution is 2.45. The van der Waals surface area contributed by atoms with Crippen molar-refractivity contribution in [3.8, 4) is 17.6 Å². The van der Waals surface area contributed by atoms with Crippen LogP contribution in [0.4, 0.5) is 18.9 Å². The van der Waals surface area contributed by atoms with Gasteiger partial charge in [-0.2, -0.15) is 18.4 Å². The van der Waals surface area contributed by atoms with E-state index < -0.39 is 22.7 Å². The van der Waals surface area contributed by atoms with Gasteiger partial charge < -0.3 is 24.4 Å². The Morgan fingerprint density at radius 3 is 2.63 bits per heavy atom. The van der Waals surface area contributed by atoms with Gasteiger partial charge >= 0.3 is 6.18 Å². The molecule has 7 nitrogen and oxygen atoms in total. The Morgan fingerprint density at radius 1 is 1.23 bits per heavy atom. The van der Waals surface area contributed by atoms with E-state index in [0.717, 1.165) is 6.07 Å². The summed E-state index contributed by atoms with van der Waals surface area (Å²) >= 11 is 0. The maximum absolute atomic E-state index is 13.5. The number of alkyl halides is 3. The van der Waals surface area contributed by atoms with Gasteiger partial charge in [0.05, 0.1) is 43.6 Å². The van der Waals surface area contributed by atoms with E-state index in [-0.39, 0.29) is 31.5 Å². The van der Waals surface area contributed by atoms with Crippen LogP contribution in [0.25, 0.3) is 0 Å². The first-order valence-electron chi connectivity index (χ1n) is 11.1. The van der Waals surface area contributed by atoms with E-state index in [9.17, 15) is 23.1 Å². The Bertz CT molecular complexity index is 1160. The highest BCUT2D eigenvalue weighted by atomic mass is 19.4. The second-order valence-electron chi connectivity index (χ2n) is 8.99. The molecule has 1 amide bonds. The molecule has 0 aliphatic carbocycles. The van der Waals surface area contributed by atoms with Crippen LogP contribution in [-0.4, -0.2) is 62.9 Å². The Labute approximate surface area is 201 Å². The van der Waals surface area contributed by atoms with Gasteiger partial charge in [0.15, 0.2) is 11.5 Å². The van der Waals surface area contributed by atoms with Crippen LogP contribution in [0.2, 0.25) is 0 Å². The normalized spacial score (nSPS) is 21.9. The van der Waals surface area contributed by atoms with E-state index in [1.807, 2.05) is 0 Å². The molecule has 35 heavy (non-hydrogen) atoms. The number of amides is 1. The van der Waals surface area contributed by atoms with Crippen molar-refractivity contribution in [2.24, 2.45) is 11.3 Å². The lowest BCUT2D eigenvalue weighted by molar-refractivity contribution is -0.137. The summed E-state index contributed by atoms with van der Waals surface area (Å²) in [4.78, 5) is 16.9. The van der Waals surface area contributed by atoms with Gasteiger partial charge in [0.1, 0.15) is 0 Å². The number of aliphatic hydroxyl groups is 1. The molecule has 186 valence electrons. The van der Waals surface area contributed by atoms with Crippen molar-refractivity contribution in [2.45, 2.75) is 12.6 Å². The second-order valence-corrected chi connectivity index (χ2v) is 8.99. The number of rotatable bonds is 5. The molecule has 0 aromatic heterocycles. The smallest absolute Gasteiger partial charge is 0.417 e. The van der Waals surface area contributed by atoms with Crippen molar-refractivity contribution >= 4 is 11.6 Å². The molecular formula is C25H26F3N3O4. The number of para-hydroxylation sites is 1. The van der Waals surface area contributed by atoms with Crippen LogP contribution in [0.5, 0.6) is 11.5 Å². The van der Waals surface area contributed by atoms with Gasteiger partial charge in [-0.25, -0.2) is 0 Å². The minimum Gasteiger partial charge on any atom is -0.493 e. The van der Waals surface area contributed by atoms with Crippen molar-refractivity contribution in [1.29, 1.82) is 5.26 Å². The summed E-state index contributed by atoms with van der Waals surface area (Å²) in [6.45, 7) is 1.23. The van der Waals surface area contributed by atoms with E-state index in [1.54, 1.807) is 34.1 Å². The topological polar surface area (TPSA) is 86.0 Å². The molecule has 2 saturated heterocycles. The van der Waals surface area contributed by atoms with E-state index in [0.29, 0.717) is 42.3 Å². The zero-order valence-electron chi connectivity index (χ0n) is 19.4. The van der Waals surface area contributed by atoms with Crippen molar-refractivity contribution in [2.75, 3.05) is 51.9 Å². The third-order valence-corrected chi connectivity index (χ3v) is 7.10. The number of hydrogen-bond donors (Lipinski definition) is 1. The fourth-order valence-corrected chi connectivity index (χ4v) is 5.27. The molecule has 2 fully saturated rings. The number of methoxy groups -OCH3 is 2. The summed E-state index contributed by atoms with van der Waals surface area (Å²) in [6.07, 6.45) is -4.06. The number of benzene rings is 2. The number of anilines is 1. The zero-order chi connectivity index (χ0) is 25.4. The highest BCUT2D eigenvalue weighted by molar-refractivity contribution is 5.98. The molecule has 2 aromatic carbocycles. The van der Waals surface area contributed by atoms with Gasteiger partial charge in [0, 0.05) is 37.3 Å². The lowest BCUT2D eigenvalue weighted by atomic mass is 9.74. The first-order chi connectivity index (χ1) is 16.7. The van der Waals surface area contributed by atoms with Gasteiger partial charge in [0.25, 0.3) is 5.91 Å². The average molecular weight is 489 g/mol. The van der Waals surface area contributed by atoms with Crippen molar-refractivity contribution in [3.63, 3.8) is 0 Å². The molecule has 2 atom stereocenters. The molecule has 10 heteroatoms. The van der Waals surface area contributed by atoms with E-state index >= 15 is 0 Å².